The standard InChI is InChI=1S/C13H19NO2/c1-10(2)7-12(9-15)14-8-11-5-3-4-6-13(11)16/h3-6,8,10,12,15-16H,7,9H2,1-2H3/t12-/m0/s1. The van der Waals surface area contributed by atoms with Crippen molar-refractivity contribution in [3.63, 3.8) is 0 Å². The fourth-order valence-electron chi connectivity index (χ4n) is 1.51. The summed E-state index contributed by atoms with van der Waals surface area (Å²) in [5.41, 5.74) is 0.685. The van der Waals surface area contributed by atoms with E-state index in [0.29, 0.717) is 11.5 Å². The second-order valence-corrected chi connectivity index (χ2v) is 4.30. The summed E-state index contributed by atoms with van der Waals surface area (Å²) >= 11 is 0. The Kier molecular flexibility index (Phi) is 4.99. The van der Waals surface area contributed by atoms with Crippen molar-refractivity contribution in [3.8, 4) is 5.75 Å². The number of phenolic OH excluding ortho intramolecular Hbond substituents is 1. The molecule has 0 spiro atoms. The number of phenols is 1. The maximum Gasteiger partial charge on any atom is 0.124 e. The molecule has 0 aromatic heterocycles. The Hall–Kier alpha value is -1.35. The third kappa shape index (κ3) is 4.03. The smallest absolute Gasteiger partial charge is 0.124 e. The van der Waals surface area contributed by atoms with Gasteiger partial charge in [-0.2, -0.15) is 0 Å². The number of hydrogen-bond donors (Lipinski definition) is 2. The zero-order chi connectivity index (χ0) is 12.0. The van der Waals surface area contributed by atoms with Crippen molar-refractivity contribution in [1.29, 1.82) is 0 Å². The minimum absolute atomic E-state index is 0.0439. The maximum atomic E-state index is 9.52. The third-order valence-corrected chi connectivity index (χ3v) is 2.32. The molecule has 3 heteroatoms. The molecule has 16 heavy (non-hydrogen) atoms. The first-order valence-corrected chi connectivity index (χ1v) is 5.55. The molecule has 0 aliphatic carbocycles. The molecule has 0 amide bonds. The normalized spacial score (nSPS) is 13.5. The lowest BCUT2D eigenvalue weighted by molar-refractivity contribution is 0.251. The monoisotopic (exact) mass is 221 g/mol. The Bertz CT molecular complexity index is 348. The highest BCUT2D eigenvalue weighted by Crippen LogP contribution is 2.14. The second-order valence-electron chi connectivity index (χ2n) is 4.30. The van der Waals surface area contributed by atoms with Crippen molar-refractivity contribution >= 4 is 6.21 Å². The molecule has 0 saturated heterocycles. The van der Waals surface area contributed by atoms with Gasteiger partial charge in [0.25, 0.3) is 0 Å². The van der Waals surface area contributed by atoms with Gasteiger partial charge in [0.05, 0.1) is 12.6 Å². The molecule has 0 aliphatic rings. The highest BCUT2D eigenvalue weighted by molar-refractivity contribution is 5.83. The molecule has 0 aliphatic heterocycles. The van der Waals surface area contributed by atoms with Gasteiger partial charge in [0, 0.05) is 11.8 Å². The molecule has 0 saturated carbocycles. The van der Waals surface area contributed by atoms with Gasteiger partial charge in [0.1, 0.15) is 5.75 Å². The fraction of sp³-hybridized carbons (Fsp3) is 0.462. The van der Waals surface area contributed by atoms with Gasteiger partial charge in [-0.05, 0) is 24.5 Å². The quantitative estimate of drug-likeness (QED) is 0.749. The van der Waals surface area contributed by atoms with Crippen molar-refractivity contribution in [2.75, 3.05) is 6.61 Å². The number of aliphatic imine (C=N–C) groups is 1. The summed E-state index contributed by atoms with van der Waals surface area (Å²) in [5.74, 6) is 0.714. The molecule has 0 bridgehead atoms. The molecular formula is C13H19NO2. The zero-order valence-electron chi connectivity index (χ0n) is 9.80. The van der Waals surface area contributed by atoms with Gasteiger partial charge in [0.15, 0.2) is 0 Å². The minimum atomic E-state index is -0.0837. The molecule has 1 aromatic rings. The molecule has 1 rings (SSSR count). The average molecular weight is 221 g/mol. The largest absolute Gasteiger partial charge is 0.507 e. The highest BCUT2D eigenvalue weighted by atomic mass is 16.3. The van der Waals surface area contributed by atoms with Crippen LogP contribution >= 0.6 is 0 Å². The van der Waals surface area contributed by atoms with Gasteiger partial charge in [-0.1, -0.05) is 26.0 Å². The summed E-state index contributed by atoms with van der Waals surface area (Å²) < 4.78 is 0. The molecule has 0 heterocycles. The number of hydrogen-bond acceptors (Lipinski definition) is 3. The molecular weight excluding hydrogens is 202 g/mol. The molecule has 0 fully saturated rings. The Balaban J connectivity index is 2.67. The predicted octanol–water partition coefficient (Wildman–Crippen LogP) is 2.22. The topological polar surface area (TPSA) is 52.8 Å². The lowest BCUT2D eigenvalue weighted by Crippen LogP contribution is -2.13. The van der Waals surface area contributed by atoms with E-state index in [4.69, 9.17) is 5.11 Å². The number of aliphatic hydroxyl groups excluding tert-OH is 1. The fourth-order valence-corrected chi connectivity index (χ4v) is 1.51. The van der Waals surface area contributed by atoms with Crippen LogP contribution in [0.15, 0.2) is 29.3 Å². The summed E-state index contributed by atoms with van der Waals surface area (Å²) in [5, 5.41) is 18.7. The van der Waals surface area contributed by atoms with Crippen molar-refractivity contribution in [1.82, 2.24) is 0 Å². The van der Waals surface area contributed by atoms with Crippen LogP contribution in [0.25, 0.3) is 0 Å². The van der Waals surface area contributed by atoms with Gasteiger partial charge in [-0.3, -0.25) is 4.99 Å². The van der Waals surface area contributed by atoms with Gasteiger partial charge < -0.3 is 10.2 Å². The van der Waals surface area contributed by atoms with Gasteiger partial charge >= 0.3 is 0 Å². The van der Waals surface area contributed by atoms with Crippen molar-refractivity contribution in [2.24, 2.45) is 10.9 Å². The van der Waals surface area contributed by atoms with Crippen LogP contribution in [0.2, 0.25) is 0 Å². The number of aliphatic hydroxyl groups is 1. The molecule has 88 valence electrons. The van der Waals surface area contributed by atoms with Crippen LogP contribution in [0.3, 0.4) is 0 Å². The van der Waals surface area contributed by atoms with Crippen LogP contribution in [0, 0.1) is 5.92 Å². The van der Waals surface area contributed by atoms with Crippen LogP contribution in [0.1, 0.15) is 25.8 Å². The van der Waals surface area contributed by atoms with Crippen molar-refractivity contribution in [3.05, 3.63) is 29.8 Å². The lowest BCUT2D eigenvalue weighted by Gasteiger charge is -2.11. The summed E-state index contributed by atoms with van der Waals surface area (Å²) in [6.07, 6.45) is 2.47. The van der Waals surface area contributed by atoms with Crippen LogP contribution in [0.5, 0.6) is 5.75 Å². The number of aromatic hydroxyl groups is 1. The zero-order valence-corrected chi connectivity index (χ0v) is 9.80. The summed E-state index contributed by atoms with van der Waals surface area (Å²) in [4.78, 5) is 4.28. The minimum Gasteiger partial charge on any atom is -0.507 e. The van der Waals surface area contributed by atoms with E-state index in [1.54, 1.807) is 24.4 Å². The highest BCUT2D eigenvalue weighted by Gasteiger charge is 2.07. The molecule has 1 atom stereocenters. The van der Waals surface area contributed by atoms with E-state index in [9.17, 15) is 5.11 Å². The first-order chi connectivity index (χ1) is 7.63. The van der Waals surface area contributed by atoms with Gasteiger partial charge in [-0.15, -0.1) is 0 Å². The second kappa shape index (κ2) is 6.28. The summed E-state index contributed by atoms with van der Waals surface area (Å²) in [6, 6.07) is 6.95. The molecule has 0 radical (unpaired) electrons. The van der Waals surface area contributed by atoms with E-state index in [0.717, 1.165) is 6.42 Å². The Labute approximate surface area is 96.5 Å². The number of nitrogens with zero attached hydrogens (tertiary/aromatic N) is 1. The van der Waals surface area contributed by atoms with Crippen molar-refractivity contribution in [2.45, 2.75) is 26.3 Å². The van der Waals surface area contributed by atoms with Crippen LogP contribution in [-0.2, 0) is 0 Å². The van der Waals surface area contributed by atoms with Crippen LogP contribution in [-0.4, -0.2) is 29.1 Å². The van der Waals surface area contributed by atoms with E-state index in [2.05, 4.69) is 18.8 Å². The SMILES string of the molecule is CC(C)C[C@@H](CO)N=Cc1ccccc1O. The van der Waals surface area contributed by atoms with Crippen LogP contribution in [0.4, 0.5) is 0 Å². The van der Waals surface area contributed by atoms with Gasteiger partial charge in [-0.25, -0.2) is 0 Å². The number of para-hydroxylation sites is 1. The van der Waals surface area contributed by atoms with E-state index in [-0.39, 0.29) is 18.4 Å². The first-order valence-electron chi connectivity index (χ1n) is 5.55. The number of rotatable bonds is 5. The molecule has 3 nitrogen and oxygen atoms in total. The van der Waals surface area contributed by atoms with E-state index in [1.165, 1.54) is 0 Å². The molecule has 2 N–H and O–H groups in total. The predicted molar refractivity (Wildman–Crippen MR) is 66.0 cm³/mol. The van der Waals surface area contributed by atoms with Crippen molar-refractivity contribution < 1.29 is 10.2 Å². The molecule has 1 aromatic carbocycles. The average Bonchev–Trinajstić information content (AvgIpc) is 2.25. The van der Waals surface area contributed by atoms with E-state index in [1.807, 2.05) is 6.07 Å². The number of benzene rings is 1. The summed E-state index contributed by atoms with van der Waals surface area (Å²) in [7, 11) is 0. The van der Waals surface area contributed by atoms with Gasteiger partial charge in [0.2, 0.25) is 0 Å². The maximum absolute atomic E-state index is 9.52. The van der Waals surface area contributed by atoms with Crippen LogP contribution < -0.4 is 0 Å². The first kappa shape index (κ1) is 12.7. The van der Waals surface area contributed by atoms with E-state index < -0.39 is 0 Å². The van der Waals surface area contributed by atoms with E-state index >= 15 is 0 Å². The summed E-state index contributed by atoms with van der Waals surface area (Å²) in [6.45, 7) is 4.23. The molecule has 0 unspecified atom stereocenters. The Morgan fingerprint density at radius 2 is 2.00 bits per heavy atom. The Morgan fingerprint density at radius 3 is 2.56 bits per heavy atom. The lowest BCUT2D eigenvalue weighted by atomic mass is 10.1. The third-order valence-electron chi connectivity index (χ3n) is 2.32. The Morgan fingerprint density at radius 1 is 1.31 bits per heavy atom.